The minimum absolute atomic E-state index is 0.0000463. The van der Waals surface area contributed by atoms with Crippen molar-refractivity contribution in [1.29, 1.82) is 0 Å². The van der Waals surface area contributed by atoms with Gasteiger partial charge in [-0.25, -0.2) is 9.38 Å². The van der Waals surface area contributed by atoms with Crippen LogP contribution in [0.25, 0.3) is 0 Å². The summed E-state index contributed by atoms with van der Waals surface area (Å²) < 4.78 is 14.2. The van der Waals surface area contributed by atoms with E-state index in [1.807, 2.05) is 0 Å². The van der Waals surface area contributed by atoms with E-state index in [-0.39, 0.29) is 29.4 Å². The summed E-state index contributed by atoms with van der Waals surface area (Å²) >= 11 is 0. The van der Waals surface area contributed by atoms with E-state index in [1.54, 1.807) is 26.0 Å². The number of benzene rings is 1. The molecule has 0 spiro atoms. The molecule has 0 aromatic heterocycles. The Balaban J connectivity index is 2.64. The third-order valence-electron chi connectivity index (χ3n) is 2.86. The van der Waals surface area contributed by atoms with Crippen LogP contribution in [0.15, 0.2) is 45.8 Å². The molecule has 0 amide bonds. The van der Waals surface area contributed by atoms with E-state index < -0.39 is 5.82 Å². The molecule has 110 valence electrons. The van der Waals surface area contributed by atoms with Crippen molar-refractivity contribution in [2.45, 2.75) is 13.8 Å². The summed E-state index contributed by atoms with van der Waals surface area (Å²) in [7, 11) is 0. The Labute approximate surface area is 122 Å². The van der Waals surface area contributed by atoms with Crippen molar-refractivity contribution >= 4 is 11.4 Å². The van der Waals surface area contributed by atoms with Crippen LogP contribution in [-0.2, 0) is 0 Å². The zero-order valence-corrected chi connectivity index (χ0v) is 11.9. The summed E-state index contributed by atoms with van der Waals surface area (Å²) in [5, 5.41) is 10.1. The van der Waals surface area contributed by atoms with Crippen molar-refractivity contribution < 1.29 is 9.50 Å². The van der Waals surface area contributed by atoms with Crippen molar-refractivity contribution in [2.75, 3.05) is 6.54 Å². The third kappa shape index (κ3) is 3.28. The number of nitrogens with zero attached hydrogens (tertiary/aromatic N) is 2. The molecule has 1 aliphatic rings. The van der Waals surface area contributed by atoms with Crippen LogP contribution in [0.2, 0.25) is 0 Å². The number of phenols is 1. The molecule has 0 atom stereocenters. The van der Waals surface area contributed by atoms with E-state index in [2.05, 4.69) is 9.98 Å². The van der Waals surface area contributed by atoms with Gasteiger partial charge in [0.2, 0.25) is 0 Å². The van der Waals surface area contributed by atoms with Gasteiger partial charge in [0.15, 0.2) is 0 Å². The number of phenolic OH excluding ortho intramolecular Hbond substituents is 1. The third-order valence-corrected chi connectivity index (χ3v) is 2.86. The summed E-state index contributed by atoms with van der Waals surface area (Å²) in [6, 6.07) is 2.80. The molecular weight excluding hydrogens is 271 g/mol. The first-order chi connectivity index (χ1) is 9.88. The number of halogens is 1. The first kappa shape index (κ1) is 14.8. The van der Waals surface area contributed by atoms with E-state index in [4.69, 9.17) is 11.5 Å². The number of hydrogen-bond acceptors (Lipinski definition) is 5. The van der Waals surface area contributed by atoms with Gasteiger partial charge in [-0.1, -0.05) is 0 Å². The molecule has 0 aliphatic carbocycles. The van der Waals surface area contributed by atoms with E-state index in [0.717, 1.165) is 0 Å². The van der Waals surface area contributed by atoms with Gasteiger partial charge in [-0.05, 0) is 43.7 Å². The SMILES string of the molecule is C/C(N)=C/C1=NC(N)=CCN=C1c1c(O)cc(C)cc1F. The Morgan fingerprint density at radius 3 is 2.76 bits per heavy atom. The first-order valence-electron chi connectivity index (χ1n) is 6.41. The highest BCUT2D eigenvalue weighted by Crippen LogP contribution is 2.25. The molecule has 0 bridgehead atoms. The van der Waals surface area contributed by atoms with Gasteiger partial charge in [-0.2, -0.15) is 0 Å². The quantitative estimate of drug-likeness (QED) is 0.773. The lowest BCUT2D eigenvalue weighted by Crippen LogP contribution is -2.18. The highest BCUT2D eigenvalue weighted by molar-refractivity contribution is 6.52. The Morgan fingerprint density at radius 1 is 1.43 bits per heavy atom. The number of aliphatic imine (C=N–C) groups is 2. The number of rotatable bonds is 2. The molecule has 0 unspecified atom stereocenters. The van der Waals surface area contributed by atoms with Crippen LogP contribution in [0.1, 0.15) is 18.1 Å². The van der Waals surface area contributed by atoms with E-state index in [9.17, 15) is 9.50 Å². The lowest BCUT2D eigenvalue weighted by molar-refractivity contribution is 0.467. The maximum absolute atomic E-state index is 14.2. The lowest BCUT2D eigenvalue weighted by atomic mass is 10.0. The van der Waals surface area contributed by atoms with Gasteiger partial charge in [0, 0.05) is 5.70 Å². The van der Waals surface area contributed by atoms with Crippen LogP contribution < -0.4 is 11.5 Å². The fourth-order valence-corrected chi connectivity index (χ4v) is 2.03. The van der Waals surface area contributed by atoms with Gasteiger partial charge in [-0.15, -0.1) is 0 Å². The van der Waals surface area contributed by atoms with Gasteiger partial charge in [-0.3, -0.25) is 4.99 Å². The predicted molar refractivity (Wildman–Crippen MR) is 81.9 cm³/mol. The van der Waals surface area contributed by atoms with Crippen LogP contribution in [-0.4, -0.2) is 23.1 Å². The molecule has 2 rings (SSSR count). The zero-order chi connectivity index (χ0) is 15.6. The van der Waals surface area contributed by atoms with Gasteiger partial charge >= 0.3 is 0 Å². The van der Waals surface area contributed by atoms with Gasteiger partial charge in [0.05, 0.1) is 23.5 Å². The molecule has 0 saturated carbocycles. The smallest absolute Gasteiger partial charge is 0.136 e. The van der Waals surface area contributed by atoms with Crippen LogP contribution >= 0.6 is 0 Å². The number of nitrogens with two attached hydrogens (primary N) is 2. The monoisotopic (exact) mass is 288 g/mol. The normalized spacial score (nSPS) is 16.0. The number of allylic oxidation sites excluding steroid dienone is 2. The van der Waals surface area contributed by atoms with E-state index >= 15 is 0 Å². The van der Waals surface area contributed by atoms with Crippen molar-refractivity contribution in [1.82, 2.24) is 0 Å². The lowest BCUT2D eigenvalue weighted by Gasteiger charge is -2.11. The van der Waals surface area contributed by atoms with Crippen molar-refractivity contribution in [3.8, 4) is 5.75 Å². The standard InChI is InChI=1S/C15H17FN4O/c1-8-5-10(16)14(12(21)6-8)15-11(7-9(2)17)20-13(18)3-4-19-15/h3,5-7,21H,4,17-18H2,1-2H3/b9-7-. The summed E-state index contributed by atoms with van der Waals surface area (Å²) in [5.41, 5.74) is 13.0. The molecule has 21 heavy (non-hydrogen) atoms. The molecule has 5 N–H and O–H groups in total. The van der Waals surface area contributed by atoms with Gasteiger partial charge < -0.3 is 16.6 Å². The maximum Gasteiger partial charge on any atom is 0.136 e. The molecular formula is C15H17FN4O. The Kier molecular flexibility index (Phi) is 4.07. The Bertz CT molecular complexity index is 675. The molecule has 6 heteroatoms. The van der Waals surface area contributed by atoms with E-state index in [1.165, 1.54) is 12.1 Å². The summed E-state index contributed by atoms with van der Waals surface area (Å²) in [4.78, 5) is 8.43. The van der Waals surface area contributed by atoms with Crippen LogP contribution in [0.4, 0.5) is 4.39 Å². The largest absolute Gasteiger partial charge is 0.507 e. The topological polar surface area (TPSA) is 97.0 Å². The van der Waals surface area contributed by atoms with Crippen molar-refractivity contribution in [3.05, 3.63) is 52.7 Å². The minimum Gasteiger partial charge on any atom is -0.507 e. The second kappa shape index (κ2) is 5.78. The van der Waals surface area contributed by atoms with Crippen LogP contribution in [0.3, 0.4) is 0 Å². The van der Waals surface area contributed by atoms with Crippen LogP contribution in [0.5, 0.6) is 5.75 Å². The first-order valence-corrected chi connectivity index (χ1v) is 6.41. The Morgan fingerprint density at radius 2 is 2.14 bits per heavy atom. The molecule has 1 aliphatic heterocycles. The van der Waals surface area contributed by atoms with E-state index in [0.29, 0.717) is 17.0 Å². The average Bonchev–Trinajstić information content (AvgIpc) is 2.50. The van der Waals surface area contributed by atoms with Gasteiger partial charge in [0.25, 0.3) is 0 Å². The fraction of sp³-hybridized carbons (Fsp3) is 0.200. The minimum atomic E-state index is -0.567. The number of hydrogen-bond donors (Lipinski definition) is 3. The van der Waals surface area contributed by atoms with Crippen LogP contribution in [0, 0.1) is 12.7 Å². The second-order valence-corrected chi connectivity index (χ2v) is 4.84. The zero-order valence-electron chi connectivity index (χ0n) is 11.9. The molecule has 5 nitrogen and oxygen atoms in total. The summed E-state index contributed by atoms with van der Waals surface area (Å²) in [6.45, 7) is 3.62. The molecule has 1 heterocycles. The molecule has 0 fully saturated rings. The van der Waals surface area contributed by atoms with Crippen molar-refractivity contribution in [2.24, 2.45) is 21.5 Å². The number of aryl methyl sites for hydroxylation is 1. The second-order valence-electron chi connectivity index (χ2n) is 4.84. The maximum atomic E-state index is 14.2. The highest BCUT2D eigenvalue weighted by Gasteiger charge is 2.20. The molecule has 1 aromatic carbocycles. The molecule has 1 aromatic rings. The number of aromatic hydroxyl groups is 1. The predicted octanol–water partition coefficient (Wildman–Crippen LogP) is 1.75. The molecule has 0 radical (unpaired) electrons. The van der Waals surface area contributed by atoms with Gasteiger partial charge in [0.1, 0.15) is 17.4 Å². The summed E-state index contributed by atoms with van der Waals surface area (Å²) in [5.74, 6) is -0.488. The van der Waals surface area contributed by atoms with Crippen molar-refractivity contribution in [3.63, 3.8) is 0 Å². The summed E-state index contributed by atoms with van der Waals surface area (Å²) in [6.07, 6.45) is 3.15. The Hall–Kier alpha value is -2.63. The highest BCUT2D eigenvalue weighted by atomic mass is 19.1. The molecule has 0 saturated heterocycles. The average molecular weight is 288 g/mol. The fourth-order valence-electron chi connectivity index (χ4n) is 2.03.